The van der Waals surface area contributed by atoms with Gasteiger partial charge in [0.2, 0.25) is 0 Å². The van der Waals surface area contributed by atoms with Gasteiger partial charge in [0.25, 0.3) is 11.5 Å². The van der Waals surface area contributed by atoms with E-state index in [1.807, 2.05) is 0 Å². The Morgan fingerprint density at radius 2 is 1.96 bits per heavy atom. The topological polar surface area (TPSA) is 63.5 Å². The van der Waals surface area contributed by atoms with Crippen LogP contribution in [0.2, 0.25) is 5.02 Å². The Balaban J connectivity index is 0.00000225. The van der Waals surface area contributed by atoms with Crippen molar-refractivity contribution in [2.45, 2.75) is 6.54 Å². The van der Waals surface area contributed by atoms with Crippen molar-refractivity contribution in [2.75, 3.05) is 0 Å². The van der Waals surface area contributed by atoms with Crippen molar-refractivity contribution in [3.63, 3.8) is 0 Å². The molecule has 0 fully saturated rings. The van der Waals surface area contributed by atoms with Crippen LogP contribution in [0, 0.1) is 12.3 Å². The van der Waals surface area contributed by atoms with Gasteiger partial charge < -0.3 is 11.7 Å². The van der Waals surface area contributed by atoms with Crippen LogP contribution in [0.5, 0.6) is 0 Å². The predicted octanol–water partition coefficient (Wildman–Crippen LogP) is 2.21. The largest absolute Gasteiger partial charge is 0.366 e. The number of benzene rings is 1. The molecule has 0 aliphatic heterocycles. The third-order valence-corrected chi connectivity index (χ3v) is 3.71. The van der Waals surface area contributed by atoms with Gasteiger partial charge in [-0.15, -0.1) is 11.6 Å². The molecule has 0 aliphatic carbocycles. The van der Waals surface area contributed by atoms with E-state index in [4.69, 9.17) is 18.0 Å². The summed E-state index contributed by atoms with van der Waals surface area (Å²) in [6, 6.07) is 10.3. The van der Waals surface area contributed by atoms with E-state index in [2.05, 4.69) is 16.2 Å². The molecule has 0 spiro atoms. The van der Waals surface area contributed by atoms with Crippen molar-refractivity contribution >= 4 is 23.0 Å². The number of amides is 1. The molecule has 1 aromatic carbocycles. The van der Waals surface area contributed by atoms with E-state index in [0.717, 1.165) is 5.56 Å². The van der Waals surface area contributed by atoms with Crippen LogP contribution >= 0.6 is 11.6 Å². The maximum absolute atomic E-state index is 12.4. The molecule has 0 aliphatic rings. The van der Waals surface area contributed by atoms with Crippen molar-refractivity contribution in [3.8, 4) is 5.92 Å². The fraction of sp³-hybridized carbons (Fsp3) is 0.0556. The van der Waals surface area contributed by atoms with Gasteiger partial charge in [-0.05, 0) is 17.7 Å². The minimum atomic E-state index is -0.561. The van der Waals surface area contributed by atoms with Crippen LogP contribution < -0.4 is 10.9 Å². The molecule has 1 N–H and O–H groups in total. The van der Waals surface area contributed by atoms with Crippen molar-refractivity contribution in [1.82, 2.24) is 14.7 Å². The molecule has 0 bridgehead atoms. The van der Waals surface area contributed by atoms with Gasteiger partial charge in [0.1, 0.15) is 0 Å². The first kappa shape index (κ1) is 19.3. The van der Waals surface area contributed by atoms with E-state index in [0.29, 0.717) is 16.1 Å². The number of nitrogens with one attached hydrogen (secondary N) is 1. The summed E-state index contributed by atoms with van der Waals surface area (Å²) in [4.78, 5) is 28.6. The molecule has 1 radical (unpaired) electrons. The second-order valence-corrected chi connectivity index (χ2v) is 5.50. The van der Waals surface area contributed by atoms with E-state index >= 15 is 0 Å². The molecule has 3 aromatic rings. The van der Waals surface area contributed by atoms with Gasteiger partial charge in [-0.2, -0.15) is 0 Å². The van der Waals surface area contributed by atoms with Gasteiger partial charge in [-0.1, -0.05) is 36.0 Å². The summed E-state index contributed by atoms with van der Waals surface area (Å²) < 4.78 is 1.28. The SMILES string of the molecule is [C-]#Cc1ccc2cnc(C(=O)NCc3ccc(Cl)cc3)c(=O)n2c1.[Y]. The maximum Gasteiger partial charge on any atom is 0.285 e. The molecule has 1 amide bonds. The normalized spacial score (nSPS) is 9.92. The summed E-state index contributed by atoms with van der Waals surface area (Å²) in [5.41, 5.74) is 1.08. The number of halogens is 1. The van der Waals surface area contributed by atoms with Gasteiger partial charge in [0.05, 0.1) is 11.7 Å². The molecular formula is C18H11ClN3O2Y-. The Morgan fingerprint density at radius 1 is 1.24 bits per heavy atom. The van der Waals surface area contributed by atoms with Crippen LogP contribution in [0.1, 0.15) is 21.6 Å². The molecular weight excluding hydrogens is 415 g/mol. The van der Waals surface area contributed by atoms with E-state index in [1.54, 1.807) is 36.4 Å². The average molecular weight is 426 g/mol. The summed E-state index contributed by atoms with van der Waals surface area (Å²) in [5.74, 6) is 1.64. The Kier molecular flexibility index (Phi) is 6.49. The van der Waals surface area contributed by atoms with E-state index in [-0.39, 0.29) is 44.9 Å². The summed E-state index contributed by atoms with van der Waals surface area (Å²) in [7, 11) is 0. The van der Waals surface area contributed by atoms with Crippen molar-refractivity contribution < 1.29 is 37.5 Å². The zero-order valence-corrected chi connectivity index (χ0v) is 16.6. The fourth-order valence-corrected chi connectivity index (χ4v) is 2.32. The molecule has 0 atom stereocenters. The average Bonchev–Trinajstić information content (AvgIpc) is 2.61. The molecule has 2 heterocycles. The number of carbonyl (C=O) groups is 1. The molecule has 2 aromatic heterocycles. The van der Waals surface area contributed by atoms with Gasteiger partial charge in [-0.3, -0.25) is 19.9 Å². The first-order valence-electron chi connectivity index (χ1n) is 7.05. The number of rotatable bonds is 3. The fourth-order valence-electron chi connectivity index (χ4n) is 2.19. The summed E-state index contributed by atoms with van der Waals surface area (Å²) in [5, 5.41) is 3.27. The minimum Gasteiger partial charge on any atom is -0.366 e. The molecule has 5 nitrogen and oxygen atoms in total. The number of hydrogen-bond donors (Lipinski definition) is 1. The Bertz CT molecular complexity index is 1020. The number of fused-ring (bicyclic) bond motifs is 1. The van der Waals surface area contributed by atoms with Gasteiger partial charge in [0, 0.05) is 44.3 Å². The first-order chi connectivity index (χ1) is 11.6. The summed E-state index contributed by atoms with van der Waals surface area (Å²) in [6.45, 7) is 0.258. The molecule has 7 heteroatoms. The number of hydrogen-bond acceptors (Lipinski definition) is 3. The molecule has 0 saturated heterocycles. The second kappa shape index (κ2) is 8.40. The van der Waals surface area contributed by atoms with Gasteiger partial charge in [-0.25, -0.2) is 4.98 Å². The second-order valence-electron chi connectivity index (χ2n) is 5.06. The molecule has 3 rings (SSSR count). The zero-order valence-electron chi connectivity index (χ0n) is 13.0. The standard InChI is InChI=1S/C18H11ClN3O2.Y/c1-2-12-5-8-15-10-20-16(18(24)22(15)11-12)17(23)21-9-13-3-6-14(19)7-4-13;/h3-8,10-11H,9H2,(H,21,23);/q-1;. The van der Waals surface area contributed by atoms with Crippen LogP contribution in [-0.4, -0.2) is 15.3 Å². The summed E-state index contributed by atoms with van der Waals surface area (Å²) in [6.07, 6.45) is 10.0. The van der Waals surface area contributed by atoms with Crippen LogP contribution in [0.15, 0.2) is 53.6 Å². The van der Waals surface area contributed by atoms with E-state index < -0.39 is 11.5 Å². The van der Waals surface area contributed by atoms with Crippen molar-refractivity contribution in [2.24, 2.45) is 0 Å². The number of aromatic nitrogens is 2. The minimum absolute atomic E-state index is 0. The Labute approximate surface area is 174 Å². The van der Waals surface area contributed by atoms with Crippen LogP contribution in [0.25, 0.3) is 5.52 Å². The van der Waals surface area contributed by atoms with E-state index in [9.17, 15) is 9.59 Å². The number of nitrogens with zero attached hydrogens (tertiary/aromatic N) is 2. The van der Waals surface area contributed by atoms with E-state index in [1.165, 1.54) is 16.8 Å². The van der Waals surface area contributed by atoms with Crippen molar-refractivity contribution in [3.05, 3.63) is 87.4 Å². The van der Waals surface area contributed by atoms with Gasteiger partial charge >= 0.3 is 0 Å². The van der Waals surface area contributed by atoms with Crippen LogP contribution in [0.3, 0.4) is 0 Å². The predicted molar refractivity (Wildman–Crippen MR) is 90.3 cm³/mol. The third-order valence-electron chi connectivity index (χ3n) is 3.45. The number of carbonyl (C=O) groups excluding carboxylic acids is 1. The van der Waals surface area contributed by atoms with Crippen molar-refractivity contribution in [1.29, 1.82) is 0 Å². The Morgan fingerprint density at radius 3 is 2.64 bits per heavy atom. The zero-order chi connectivity index (χ0) is 17.1. The quantitative estimate of drug-likeness (QED) is 0.517. The van der Waals surface area contributed by atoms with Gasteiger partial charge in [0.15, 0.2) is 5.69 Å². The van der Waals surface area contributed by atoms with Crippen LogP contribution in [-0.2, 0) is 39.3 Å². The number of pyridine rings is 1. The Hall–Kier alpha value is -2.00. The smallest absolute Gasteiger partial charge is 0.285 e. The third kappa shape index (κ3) is 4.35. The van der Waals surface area contributed by atoms with Crippen LogP contribution in [0.4, 0.5) is 0 Å². The maximum atomic E-state index is 12.4. The monoisotopic (exact) mass is 425 g/mol. The molecule has 0 saturated carbocycles. The summed E-state index contributed by atoms with van der Waals surface area (Å²) >= 11 is 5.81. The first-order valence-corrected chi connectivity index (χ1v) is 7.43. The molecule has 25 heavy (non-hydrogen) atoms. The molecule has 121 valence electrons. The molecule has 0 unspecified atom stereocenters.